The second kappa shape index (κ2) is 9.12. The summed E-state index contributed by atoms with van der Waals surface area (Å²) in [5, 5.41) is 0. The van der Waals surface area contributed by atoms with Crippen LogP contribution in [0.15, 0.2) is 42.5 Å². The first-order valence-corrected chi connectivity index (χ1v) is 8.95. The maximum atomic E-state index is 12.4. The van der Waals surface area contributed by atoms with Gasteiger partial charge in [-0.2, -0.15) is 0 Å². The molecule has 0 saturated carbocycles. The summed E-state index contributed by atoms with van der Waals surface area (Å²) in [5.74, 6) is 1.05. The molecule has 0 N–H and O–H groups in total. The van der Waals surface area contributed by atoms with Crippen LogP contribution in [0.1, 0.15) is 11.1 Å². The second-order valence-electron chi connectivity index (χ2n) is 6.30. The molecule has 0 fully saturated rings. The fourth-order valence-corrected chi connectivity index (χ4v) is 3.03. The van der Waals surface area contributed by atoms with Gasteiger partial charge in [0.05, 0.1) is 14.2 Å². The second-order valence-corrected chi connectivity index (χ2v) is 6.30. The molecule has 1 amide bonds. The van der Waals surface area contributed by atoms with Crippen molar-refractivity contribution >= 4 is 11.9 Å². The third-order valence-electron chi connectivity index (χ3n) is 4.53. The van der Waals surface area contributed by atoms with Crippen LogP contribution in [0.25, 0.3) is 0 Å². The van der Waals surface area contributed by atoms with Crippen molar-refractivity contribution in [3.05, 3.63) is 53.6 Å². The molecule has 1 heterocycles. The van der Waals surface area contributed by atoms with Crippen LogP contribution in [0.2, 0.25) is 0 Å². The third kappa shape index (κ3) is 4.73. The van der Waals surface area contributed by atoms with Gasteiger partial charge in [0.15, 0.2) is 24.7 Å². The first-order valence-electron chi connectivity index (χ1n) is 8.95. The lowest BCUT2D eigenvalue weighted by Crippen LogP contribution is -2.39. The molecule has 1 aliphatic rings. The molecule has 0 radical (unpaired) electrons. The number of fused-ring (bicyclic) bond motifs is 1. The van der Waals surface area contributed by atoms with E-state index in [0.29, 0.717) is 36.8 Å². The number of esters is 1. The molecule has 28 heavy (non-hydrogen) atoms. The van der Waals surface area contributed by atoms with Crippen molar-refractivity contribution in [3.8, 4) is 17.2 Å². The predicted octanol–water partition coefficient (Wildman–Crippen LogP) is 2.21. The highest BCUT2D eigenvalue weighted by Crippen LogP contribution is 2.33. The highest BCUT2D eigenvalue weighted by atomic mass is 16.6. The van der Waals surface area contributed by atoms with Gasteiger partial charge in [-0.3, -0.25) is 4.79 Å². The largest absolute Gasteiger partial charge is 0.493 e. The van der Waals surface area contributed by atoms with E-state index < -0.39 is 5.97 Å². The van der Waals surface area contributed by atoms with Crippen molar-refractivity contribution in [2.45, 2.75) is 13.0 Å². The molecule has 2 aromatic rings. The number of rotatable bonds is 7. The quantitative estimate of drug-likeness (QED) is 0.681. The Kier molecular flexibility index (Phi) is 6.37. The van der Waals surface area contributed by atoms with Gasteiger partial charge in [-0.25, -0.2) is 4.79 Å². The summed E-state index contributed by atoms with van der Waals surface area (Å²) in [7, 11) is 3.17. The van der Waals surface area contributed by atoms with Gasteiger partial charge in [0.25, 0.3) is 5.91 Å². The number of para-hydroxylation sites is 1. The molecule has 0 bridgehead atoms. The van der Waals surface area contributed by atoms with E-state index in [1.54, 1.807) is 31.3 Å². The van der Waals surface area contributed by atoms with E-state index in [2.05, 4.69) is 0 Å². The molecular weight excluding hydrogens is 362 g/mol. The standard InChI is InChI=1S/C21H23NO6/c1-25-18-10-15-8-9-22(12-16(15)11-19(18)26-2)20(23)13-28-21(24)14-27-17-6-4-3-5-7-17/h3-7,10-11H,8-9,12-14H2,1-2H3. The number of hydrogen-bond acceptors (Lipinski definition) is 6. The van der Waals surface area contributed by atoms with Crippen LogP contribution in [-0.2, 0) is 27.3 Å². The molecule has 7 heteroatoms. The number of carbonyl (C=O) groups excluding carboxylic acids is 2. The Morgan fingerprint density at radius 2 is 1.64 bits per heavy atom. The fourth-order valence-electron chi connectivity index (χ4n) is 3.03. The molecule has 0 atom stereocenters. The molecule has 0 spiro atoms. The van der Waals surface area contributed by atoms with Gasteiger partial charge >= 0.3 is 5.97 Å². The number of benzene rings is 2. The molecule has 0 aromatic heterocycles. The molecule has 0 aliphatic carbocycles. The zero-order valence-electron chi connectivity index (χ0n) is 16.0. The smallest absolute Gasteiger partial charge is 0.344 e. The lowest BCUT2D eigenvalue weighted by atomic mass is 9.99. The minimum atomic E-state index is -0.582. The van der Waals surface area contributed by atoms with Crippen LogP contribution in [0.5, 0.6) is 17.2 Å². The van der Waals surface area contributed by atoms with Gasteiger partial charge in [0, 0.05) is 13.1 Å². The van der Waals surface area contributed by atoms with E-state index >= 15 is 0 Å². The van der Waals surface area contributed by atoms with Crippen LogP contribution < -0.4 is 14.2 Å². The SMILES string of the molecule is COc1cc2c(cc1OC)CN(C(=O)COC(=O)COc1ccccc1)CC2. The molecule has 3 rings (SSSR count). The third-order valence-corrected chi connectivity index (χ3v) is 4.53. The lowest BCUT2D eigenvalue weighted by molar-refractivity contribution is -0.154. The average molecular weight is 385 g/mol. The normalized spacial score (nSPS) is 12.7. The zero-order valence-corrected chi connectivity index (χ0v) is 16.0. The fraction of sp³-hybridized carbons (Fsp3) is 0.333. The summed E-state index contributed by atoms with van der Waals surface area (Å²) >= 11 is 0. The maximum Gasteiger partial charge on any atom is 0.344 e. The molecule has 0 saturated heterocycles. The Hall–Kier alpha value is -3.22. The first kappa shape index (κ1) is 19.5. The van der Waals surface area contributed by atoms with E-state index in [4.69, 9.17) is 18.9 Å². The molecule has 0 unspecified atom stereocenters. The minimum absolute atomic E-state index is 0.239. The van der Waals surface area contributed by atoms with Gasteiger partial charge in [-0.15, -0.1) is 0 Å². The molecule has 2 aromatic carbocycles. The Morgan fingerprint density at radius 3 is 2.32 bits per heavy atom. The van der Waals surface area contributed by atoms with Crippen molar-refractivity contribution in [2.24, 2.45) is 0 Å². The zero-order chi connectivity index (χ0) is 19.9. The van der Waals surface area contributed by atoms with Crippen LogP contribution in [0.4, 0.5) is 0 Å². The topological polar surface area (TPSA) is 74.3 Å². The van der Waals surface area contributed by atoms with Gasteiger partial charge in [0.1, 0.15) is 5.75 Å². The first-order chi connectivity index (χ1) is 13.6. The number of carbonyl (C=O) groups is 2. The summed E-state index contributed by atoms with van der Waals surface area (Å²) in [4.78, 5) is 25.9. The lowest BCUT2D eigenvalue weighted by Gasteiger charge is -2.29. The maximum absolute atomic E-state index is 12.4. The average Bonchev–Trinajstić information content (AvgIpc) is 2.75. The number of ether oxygens (including phenoxy) is 4. The summed E-state index contributed by atoms with van der Waals surface area (Å²) in [5.41, 5.74) is 2.12. The van der Waals surface area contributed by atoms with Crippen LogP contribution >= 0.6 is 0 Å². The minimum Gasteiger partial charge on any atom is -0.493 e. The van der Waals surface area contributed by atoms with Crippen molar-refractivity contribution in [2.75, 3.05) is 34.0 Å². The van der Waals surface area contributed by atoms with Crippen LogP contribution in [0.3, 0.4) is 0 Å². The molecule has 1 aliphatic heterocycles. The molecular formula is C21H23NO6. The summed E-state index contributed by atoms with van der Waals surface area (Å²) in [6.07, 6.45) is 0.701. The van der Waals surface area contributed by atoms with Crippen molar-refractivity contribution < 1.29 is 28.5 Å². The molecule has 7 nitrogen and oxygen atoms in total. The summed E-state index contributed by atoms with van der Waals surface area (Å²) < 4.78 is 21.0. The number of nitrogens with zero attached hydrogens (tertiary/aromatic N) is 1. The summed E-state index contributed by atoms with van der Waals surface area (Å²) in [6.45, 7) is 0.447. The van der Waals surface area contributed by atoms with Crippen molar-refractivity contribution in [3.63, 3.8) is 0 Å². The van der Waals surface area contributed by atoms with Crippen molar-refractivity contribution in [1.29, 1.82) is 0 Å². The van der Waals surface area contributed by atoms with Gasteiger partial charge in [0.2, 0.25) is 0 Å². The highest BCUT2D eigenvalue weighted by molar-refractivity contribution is 5.81. The predicted molar refractivity (Wildman–Crippen MR) is 102 cm³/mol. The van der Waals surface area contributed by atoms with Crippen LogP contribution in [-0.4, -0.2) is 50.8 Å². The van der Waals surface area contributed by atoms with Crippen molar-refractivity contribution in [1.82, 2.24) is 4.90 Å². The monoisotopic (exact) mass is 385 g/mol. The van der Waals surface area contributed by atoms with Gasteiger partial charge in [-0.05, 0) is 41.8 Å². The number of amides is 1. The van der Waals surface area contributed by atoms with E-state index in [-0.39, 0.29) is 19.1 Å². The van der Waals surface area contributed by atoms with E-state index in [9.17, 15) is 9.59 Å². The summed E-state index contributed by atoms with van der Waals surface area (Å²) in [6, 6.07) is 12.8. The van der Waals surface area contributed by atoms with E-state index in [1.165, 1.54) is 0 Å². The highest BCUT2D eigenvalue weighted by Gasteiger charge is 2.23. The Labute approximate surface area is 163 Å². The molecule has 148 valence electrons. The Bertz CT molecular complexity index is 836. The Morgan fingerprint density at radius 1 is 0.964 bits per heavy atom. The number of methoxy groups -OCH3 is 2. The number of hydrogen-bond donors (Lipinski definition) is 0. The van der Waals surface area contributed by atoms with E-state index in [1.807, 2.05) is 30.3 Å². The van der Waals surface area contributed by atoms with Crippen LogP contribution in [0, 0.1) is 0 Å². The van der Waals surface area contributed by atoms with E-state index in [0.717, 1.165) is 11.1 Å². The Balaban J connectivity index is 1.51. The van der Waals surface area contributed by atoms with Gasteiger partial charge in [-0.1, -0.05) is 18.2 Å². The van der Waals surface area contributed by atoms with Gasteiger partial charge < -0.3 is 23.8 Å².